The topological polar surface area (TPSA) is 33.1 Å². The Morgan fingerprint density at radius 1 is 1.42 bits per heavy atom. The molecule has 64 valence electrons. The van der Waals surface area contributed by atoms with Crippen LogP contribution in [0.4, 0.5) is 0 Å². The van der Waals surface area contributed by atoms with Crippen molar-refractivity contribution in [2.24, 2.45) is 0 Å². The summed E-state index contributed by atoms with van der Waals surface area (Å²) in [6.07, 6.45) is 0. The largest absolute Gasteiger partial charge is 0.446 e. The molecule has 0 radical (unpaired) electrons. The van der Waals surface area contributed by atoms with E-state index in [-0.39, 0.29) is 0 Å². The van der Waals surface area contributed by atoms with Crippen LogP contribution in [0.15, 0.2) is 18.2 Å². The first-order chi connectivity index (χ1) is 5.61. The van der Waals surface area contributed by atoms with E-state index in [1.54, 1.807) is 6.82 Å². The lowest BCUT2D eigenvalue weighted by Gasteiger charge is -2.06. The van der Waals surface area contributed by atoms with Gasteiger partial charge in [-0.3, -0.25) is 4.98 Å². The minimum Gasteiger partial charge on any atom is -0.446 e. The van der Waals surface area contributed by atoms with E-state index in [4.69, 9.17) is 0 Å². The number of rotatable bonds is 2. The molecule has 0 bridgehead atoms. The van der Waals surface area contributed by atoms with Crippen molar-refractivity contribution in [3.63, 3.8) is 0 Å². The summed E-state index contributed by atoms with van der Waals surface area (Å²) in [6, 6.07) is 5.76. The summed E-state index contributed by atoms with van der Waals surface area (Å²) in [6.45, 7) is 5.44. The lowest BCUT2D eigenvalue weighted by molar-refractivity contribution is 0.592. The second-order valence-corrected chi connectivity index (χ2v) is 3.32. The van der Waals surface area contributed by atoms with Crippen molar-refractivity contribution in [3.05, 3.63) is 23.9 Å². The van der Waals surface area contributed by atoms with E-state index in [2.05, 4.69) is 18.8 Å². The van der Waals surface area contributed by atoms with Crippen LogP contribution in [-0.4, -0.2) is 16.9 Å². The summed E-state index contributed by atoms with van der Waals surface area (Å²) in [5.74, 6) is 0.420. The van der Waals surface area contributed by atoms with E-state index in [0.717, 1.165) is 11.3 Å². The van der Waals surface area contributed by atoms with Crippen LogP contribution >= 0.6 is 0 Å². The molecule has 12 heavy (non-hydrogen) atoms. The molecule has 0 aliphatic heterocycles. The first-order valence-electron chi connectivity index (χ1n) is 4.26. The van der Waals surface area contributed by atoms with Gasteiger partial charge in [0.05, 0.1) is 0 Å². The Labute approximate surface area is 73.8 Å². The van der Waals surface area contributed by atoms with Crippen molar-refractivity contribution in [2.45, 2.75) is 26.6 Å². The molecular formula is C9H14BNO. The van der Waals surface area contributed by atoms with E-state index in [1.807, 2.05) is 18.2 Å². The molecule has 1 N–H and O–H groups in total. The maximum atomic E-state index is 9.27. The van der Waals surface area contributed by atoms with Gasteiger partial charge >= 0.3 is 6.92 Å². The number of hydrogen-bond donors (Lipinski definition) is 1. The average molecular weight is 163 g/mol. The first-order valence-corrected chi connectivity index (χ1v) is 4.26. The van der Waals surface area contributed by atoms with Gasteiger partial charge in [0.1, 0.15) is 0 Å². The van der Waals surface area contributed by atoms with Gasteiger partial charge in [-0.25, -0.2) is 0 Å². The Morgan fingerprint density at radius 3 is 2.58 bits per heavy atom. The second-order valence-electron chi connectivity index (χ2n) is 3.32. The third-order valence-electron chi connectivity index (χ3n) is 1.81. The zero-order valence-electron chi connectivity index (χ0n) is 7.78. The summed E-state index contributed by atoms with van der Waals surface area (Å²) < 4.78 is 0. The molecule has 0 saturated heterocycles. The van der Waals surface area contributed by atoms with Crippen molar-refractivity contribution in [1.82, 2.24) is 4.98 Å². The molecule has 0 amide bonds. The SMILES string of the molecule is CB(O)c1cccc(C(C)C)n1. The maximum absolute atomic E-state index is 9.27. The average Bonchev–Trinajstić information content (AvgIpc) is 2.04. The molecule has 0 unspecified atom stereocenters. The van der Waals surface area contributed by atoms with Gasteiger partial charge in [0.15, 0.2) is 0 Å². The van der Waals surface area contributed by atoms with Gasteiger partial charge in [-0.15, -0.1) is 0 Å². The first kappa shape index (κ1) is 9.26. The standard InChI is InChI=1S/C9H14BNO/c1-7(2)8-5-4-6-9(11-8)10(3)12/h4-7,12H,1-3H3. The van der Waals surface area contributed by atoms with E-state index in [9.17, 15) is 5.02 Å². The zero-order chi connectivity index (χ0) is 9.14. The monoisotopic (exact) mass is 163 g/mol. The Hall–Kier alpha value is -0.825. The molecule has 1 heterocycles. The molecule has 0 atom stereocenters. The van der Waals surface area contributed by atoms with Gasteiger partial charge in [0, 0.05) is 11.3 Å². The van der Waals surface area contributed by atoms with Crippen LogP contribution in [0.25, 0.3) is 0 Å². The van der Waals surface area contributed by atoms with Gasteiger partial charge < -0.3 is 5.02 Å². The second kappa shape index (κ2) is 3.72. The molecule has 0 aliphatic carbocycles. The fourth-order valence-electron chi connectivity index (χ4n) is 1.02. The molecule has 1 aromatic rings. The highest BCUT2D eigenvalue weighted by molar-refractivity contribution is 6.63. The zero-order valence-corrected chi connectivity index (χ0v) is 7.78. The summed E-state index contributed by atoms with van der Waals surface area (Å²) >= 11 is 0. The lowest BCUT2D eigenvalue weighted by Crippen LogP contribution is -2.30. The Balaban J connectivity index is 2.96. The summed E-state index contributed by atoms with van der Waals surface area (Å²) in [7, 11) is 0. The predicted molar refractivity (Wildman–Crippen MR) is 51.8 cm³/mol. The minimum atomic E-state index is -0.469. The highest BCUT2D eigenvalue weighted by atomic mass is 16.2. The maximum Gasteiger partial charge on any atom is 0.340 e. The highest BCUT2D eigenvalue weighted by Crippen LogP contribution is 2.08. The van der Waals surface area contributed by atoms with Gasteiger partial charge in [-0.05, 0) is 18.1 Å². The van der Waals surface area contributed by atoms with Crippen molar-refractivity contribution >= 4 is 12.5 Å². The van der Waals surface area contributed by atoms with Crippen molar-refractivity contribution in [1.29, 1.82) is 0 Å². The van der Waals surface area contributed by atoms with E-state index in [1.165, 1.54) is 0 Å². The van der Waals surface area contributed by atoms with Crippen molar-refractivity contribution in [2.75, 3.05) is 0 Å². The van der Waals surface area contributed by atoms with Gasteiger partial charge in [-0.1, -0.05) is 26.7 Å². The minimum absolute atomic E-state index is 0.420. The number of pyridine rings is 1. The van der Waals surface area contributed by atoms with Gasteiger partial charge in [0.25, 0.3) is 0 Å². The van der Waals surface area contributed by atoms with Crippen molar-refractivity contribution in [3.8, 4) is 0 Å². The number of hydrogen-bond acceptors (Lipinski definition) is 2. The molecule has 2 nitrogen and oxygen atoms in total. The molecular weight excluding hydrogens is 149 g/mol. The molecule has 0 aliphatic rings. The van der Waals surface area contributed by atoms with Crippen LogP contribution < -0.4 is 5.59 Å². The number of nitrogens with zero attached hydrogens (tertiary/aromatic N) is 1. The van der Waals surface area contributed by atoms with Crippen molar-refractivity contribution < 1.29 is 5.02 Å². The molecule has 0 saturated carbocycles. The van der Waals surface area contributed by atoms with E-state index >= 15 is 0 Å². The summed E-state index contributed by atoms with van der Waals surface area (Å²) in [5, 5.41) is 9.27. The Kier molecular flexibility index (Phi) is 2.87. The molecule has 0 spiro atoms. The van der Waals surface area contributed by atoms with Crippen LogP contribution in [0.5, 0.6) is 0 Å². The smallest absolute Gasteiger partial charge is 0.340 e. The molecule has 1 rings (SSSR count). The normalized spacial score (nSPS) is 10.4. The molecule has 0 aromatic carbocycles. The molecule has 1 aromatic heterocycles. The Morgan fingerprint density at radius 2 is 2.08 bits per heavy atom. The predicted octanol–water partition coefficient (Wildman–Crippen LogP) is 1.03. The van der Waals surface area contributed by atoms with Gasteiger partial charge in [-0.2, -0.15) is 0 Å². The summed E-state index contributed by atoms with van der Waals surface area (Å²) in [5.41, 5.74) is 1.79. The van der Waals surface area contributed by atoms with Crippen LogP contribution in [0.2, 0.25) is 6.82 Å². The molecule has 3 heteroatoms. The van der Waals surface area contributed by atoms with E-state index in [0.29, 0.717) is 5.92 Å². The van der Waals surface area contributed by atoms with E-state index < -0.39 is 6.92 Å². The molecule has 0 fully saturated rings. The van der Waals surface area contributed by atoms with Gasteiger partial charge in [0.2, 0.25) is 0 Å². The van der Waals surface area contributed by atoms with Crippen LogP contribution in [0, 0.1) is 0 Å². The Bertz CT molecular complexity index is 237. The third-order valence-corrected chi connectivity index (χ3v) is 1.81. The highest BCUT2D eigenvalue weighted by Gasteiger charge is 2.09. The lowest BCUT2D eigenvalue weighted by atomic mass is 9.68. The quantitative estimate of drug-likeness (QED) is 0.660. The van der Waals surface area contributed by atoms with Crippen LogP contribution in [0.1, 0.15) is 25.5 Å². The number of aromatic nitrogens is 1. The fourth-order valence-corrected chi connectivity index (χ4v) is 1.02. The summed E-state index contributed by atoms with van der Waals surface area (Å²) in [4.78, 5) is 4.32. The van der Waals surface area contributed by atoms with Crippen LogP contribution in [0.3, 0.4) is 0 Å². The van der Waals surface area contributed by atoms with Crippen LogP contribution in [-0.2, 0) is 0 Å². The third kappa shape index (κ3) is 2.08. The fraction of sp³-hybridized carbons (Fsp3) is 0.444.